The van der Waals surface area contributed by atoms with Gasteiger partial charge in [-0.25, -0.2) is 13.1 Å². The molecule has 106 valence electrons. The highest BCUT2D eigenvalue weighted by atomic mass is 32.2. The lowest BCUT2D eigenvalue weighted by atomic mass is 10.2. The number of thioether (sulfide) groups is 2. The van der Waals surface area contributed by atoms with Gasteiger partial charge in [0.2, 0.25) is 10.0 Å². The molecule has 4 nitrogen and oxygen atoms in total. The minimum absolute atomic E-state index is 0.315. The molecule has 1 aromatic rings. The van der Waals surface area contributed by atoms with Gasteiger partial charge in [-0.3, -0.25) is 0 Å². The minimum atomic E-state index is -3.44. The van der Waals surface area contributed by atoms with Crippen molar-refractivity contribution in [2.45, 2.75) is 17.1 Å². The average molecular weight is 318 g/mol. The monoisotopic (exact) mass is 318 g/mol. The van der Waals surface area contributed by atoms with Crippen LogP contribution in [0.4, 0.5) is 5.69 Å². The fourth-order valence-electron chi connectivity index (χ4n) is 1.91. The highest BCUT2D eigenvalue weighted by Gasteiger charge is 2.20. The summed E-state index contributed by atoms with van der Waals surface area (Å²) in [5, 5.41) is 0.364. The smallest absolute Gasteiger partial charge is 0.240 e. The van der Waals surface area contributed by atoms with Gasteiger partial charge in [0.1, 0.15) is 0 Å². The molecule has 3 N–H and O–H groups in total. The van der Waals surface area contributed by atoms with Crippen LogP contribution in [-0.4, -0.2) is 37.5 Å². The largest absolute Gasteiger partial charge is 0.399 e. The molecule has 0 spiro atoms. The Morgan fingerprint density at radius 1 is 1.42 bits per heavy atom. The summed E-state index contributed by atoms with van der Waals surface area (Å²) in [7, 11) is -3.44. The molecule has 1 aromatic carbocycles. The van der Waals surface area contributed by atoms with Crippen LogP contribution in [0.2, 0.25) is 0 Å². The Kier molecular flexibility index (Phi) is 5.05. The first-order valence-corrected chi connectivity index (χ1v) is 9.73. The van der Waals surface area contributed by atoms with Crippen molar-refractivity contribution in [1.29, 1.82) is 0 Å². The third kappa shape index (κ3) is 4.05. The molecule has 0 amide bonds. The molecule has 1 aliphatic heterocycles. The van der Waals surface area contributed by atoms with E-state index in [0.717, 1.165) is 17.3 Å². The third-order valence-corrected chi connectivity index (χ3v) is 7.30. The van der Waals surface area contributed by atoms with E-state index in [1.54, 1.807) is 25.1 Å². The molecule has 0 saturated carbocycles. The zero-order valence-corrected chi connectivity index (χ0v) is 13.2. The molecular weight excluding hydrogens is 300 g/mol. The Morgan fingerprint density at radius 2 is 2.21 bits per heavy atom. The van der Waals surface area contributed by atoms with Gasteiger partial charge in [-0.1, -0.05) is 0 Å². The molecule has 0 aromatic heterocycles. The van der Waals surface area contributed by atoms with E-state index in [9.17, 15) is 8.42 Å². The molecule has 1 saturated heterocycles. The second kappa shape index (κ2) is 6.39. The zero-order valence-electron chi connectivity index (χ0n) is 10.8. The number of hydrogen-bond acceptors (Lipinski definition) is 5. The summed E-state index contributed by atoms with van der Waals surface area (Å²) in [6, 6.07) is 4.86. The van der Waals surface area contributed by atoms with Crippen LogP contribution in [0.25, 0.3) is 0 Å². The maximum atomic E-state index is 12.2. The maximum Gasteiger partial charge on any atom is 0.240 e. The van der Waals surface area contributed by atoms with E-state index in [1.807, 2.05) is 23.5 Å². The lowest BCUT2D eigenvalue weighted by molar-refractivity contribution is 0.581. The van der Waals surface area contributed by atoms with Gasteiger partial charge in [-0.2, -0.15) is 23.5 Å². The van der Waals surface area contributed by atoms with Crippen molar-refractivity contribution in [2.24, 2.45) is 0 Å². The number of hydrogen-bond donors (Lipinski definition) is 2. The van der Waals surface area contributed by atoms with E-state index in [2.05, 4.69) is 4.72 Å². The number of nitrogens with two attached hydrogens (primary N) is 1. The van der Waals surface area contributed by atoms with Crippen LogP contribution < -0.4 is 10.5 Å². The number of sulfonamides is 1. The van der Waals surface area contributed by atoms with Crippen LogP contribution in [0.3, 0.4) is 0 Å². The first-order chi connectivity index (χ1) is 8.99. The number of nitrogens with one attached hydrogen (secondary N) is 1. The third-order valence-electron chi connectivity index (χ3n) is 2.87. The van der Waals surface area contributed by atoms with Crippen LogP contribution in [0.1, 0.15) is 5.56 Å². The van der Waals surface area contributed by atoms with Gasteiger partial charge in [-0.15, -0.1) is 0 Å². The number of aryl methyl sites for hydroxylation is 1. The second-order valence-electron chi connectivity index (χ2n) is 4.44. The molecule has 1 aliphatic rings. The topological polar surface area (TPSA) is 72.2 Å². The Balaban J connectivity index is 2.05. The van der Waals surface area contributed by atoms with Gasteiger partial charge >= 0.3 is 0 Å². The van der Waals surface area contributed by atoms with Crippen LogP contribution in [0, 0.1) is 6.92 Å². The molecule has 19 heavy (non-hydrogen) atoms. The molecule has 1 atom stereocenters. The highest BCUT2D eigenvalue weighted by Crippen LogP contribution is 2.24. The zero-order chi connectivity index (χ0) is 13.9. The standard InChI is InChI=1S/C12H18N2O2S3/c1-9-6-10(13)2-3-12(9)19(15,16)14-7-11-8-17-4-5-18-11/h2-3,6,11,14H,4-5,7-8,13H2,1H3. The van der Waals surface area contributed by atoms with Crippen molar-refractivity contribution in [1.82, 2.24) is 4.72 Å². The second-order valence-corrected chi connectivity index (χ2v) is 8.74. The van der Waals surface area contributed by atoms with Crippen molar-refractivity contribution >= 4 is 39.2 Å². The first kappa shape index (κ1) is 15.0. The summed E-state index contributed by atoms with van der Waals surface area (Å²) in [6.07, 6.45) is 0. The Bertz CT molecular complexity index is 540. The van der Waals surface area contributed by atoms with E-state index in [-0.39, 0.29) is 0 Å². The predicted octanol–water partition coefficient (Wildman–Crippen LogP) is 1.70. The fourth-order valence-corrected chi connectivity index (χ4v) is 5.93. The number of nitrogen functional groups attached to an aromatic ring is 1. The SMILES string of the molecule is Cc1cc(N)ccc1S(=O)(=O)NCC1CSCCS1. The predicted molar refractivity (Wildman–Crippen MR) is 84.4 cm³/mol. The molecule has 2 rings (SSSR count). The summed E-state index contributed by atoms with van der Waals surface area (Å²) in [5.41, 5.74) is 6.90. The highest BCUT2D eigenvalue weighted by molar-refractivity contribution is 8.06. The van der Waals surface area contributed by atoms with Gasteiger partial charge < -0.3 is 5.73 Å². The van der Waals surface area contributed by atoms with E-state index >= 15 is 0 Å². The molecule has 0 bridgehead atoms. The van der Waals surface area contributed by atoms with Gasteiger partial charge in [-0.05, 0) is 30.7 Å². The number of anilines is 1. The number of benzene rings is 1. The van der Waals surface area contributed by atoms with Crippen LogP contribution in [0.5, 0.6) is 0 Å². The number of rotatable bonds is 4. The molecule has 0 radical (unpaired) electrons. The van der Waals surface area contributed by atoms with Crippen LogP contribution in [-0.2, 0) is 10.0 Å². The molecule has 0 aliphatic carbocycles. The van der Waals surface area contributed by atoms with Crippen molar-refractivity contribution < 1.29 is 8.42 Å². The lowest BCUT2D eigenvalue weighted by Gasteiger charge is -2.21. The molecule has 1 fully saturated rings. The van der Waals surface area contributed by atoms with Crippen molar-refractivity contribution in [3.63, 3.8) is 0 Å². The summed E-state index contributed by atoms with van der Waals surface area (Å²) >= 11 is 3.72. The lowest BCUT2D eigenvalue weighted by Crippen LogP contribution is -2.33. The molecule has 1 heterocycles. The van der Waals surface area contributed by atoms with Gasteiger partial charge in [0, 0.05) is 34.7 Å². The van der Waals surface area contributed by atoms with E-state index in [0.29, 0.717) is 27.9 Å². The molecule has 7 heteroatoms. The fraction of sp³-hybridized carbons (Fsp3) is 0.500. The van der Waals surface area contributed by atoms with Crippen molar-refractivity contribution in [3.8, 4) is 0 Å². The van der Waals surface area contributed by atoms with Crippen molar-refractivity contribution in [2.75, 3.05) is 29.5 Å². The Morgan fingerprint density at radius 3 is 2.84 bits per heavy atom. The van der Waals surface area contributed by atoms with Gasteiger partial charge in [0.05, 0.1) is 4.90 Å². The maximum absolute atomic E-state index is 12.2. The summed E-state index contributed by atoms with van der Waals surface area (Å²) in [5.74, 6) is 3.26. The molecule has 1 unspecified atom stereocenters. The first-order valence-electron chi connectivity index (χ1n) is 6.04. The van der Waals surface area contributed by atoms with E-state index in [4.69, 9.17) is 5.73 Å². The average Bonchev–Trinajstić information content (AvgIpc) is 2.37. The van der Waals surface area contributed by atoms with Gasteiger partial charge in [0.15, 0.2) is 0 Å². The minimum Gasteiger partial charge on any atom is -0.399 e. The van der Waals surface area contributed by atoms with E-state index < -0.39 is 10.0 Å². The van der Waals surface area contributed by atoms with Crippen molar-refractivity contribution in [3.05, 3.63) is 23.8 Å². The normalized spacial score (nSPS) is 20.4. The van der Waals surface area contributed by atoms with Crippen LogP contribution in [0.15, 0.2) is 23.1 Å². The van der Waals surface area contributed by atoms with E-state index in [1.165, 1.54) is 0 Å². The summed E-state index contributed by atoms with van der Waals surface area (Å²) < 4.78 is 27.2. The van der Waals surface area contributed by atoms with Gasteiger partial charge in [0.25, 0.3) is 0 Å². The quantitative estimate of drug-likeness (QED) is 0.827. The summed E-state index contributed by atoms with van der Waals surface area (Å²) in [4.78, 5) is 0.315. The summed E-state index contributed by atoms with van der Waals surface area (Å²) in [6.45, 7) is 2.25. The van der Waals surface area contributed by atoms with Crippen LogP contribution >= 0.6 is 23.5 Å². The Labute approximate surface area is 123 Å². The molecular formula is C12H18N2O2S3. The Hall–Kier alpha value is -0.370.